The Labute approximate surface area is 156 Å². The number of alkyl carbamates (subject to hydrolysis) is 1. The lowest BCUT2D eigenvalue weighted by Gasteiger charge is -2.33. The van der Waals surface area contributed by atoms with Crippen LogP contribution in [0.25, 0.3) is 0 Å². The van der Waals surface area contributed by atoms with Crippen LogP contribution in [0.1, 0.15) is 49.5 Å². The van der Waals surface area contributed by atoms with Crippen LogP contribution >= 0.6 is 15.9 Å². The molecule has 5 nitrogen and oxygen atoms in total. The minimum Gasteiger partial charge on any atom is -0.444 e. The first kappa shape index (κ1) is 19.7. The number of carbonyl (C=O) groups excluding carboxylic acids is 2. The first-order valence-electron chi connectivity index (χ1n) is 8.31. The van der Waals surface area contributed by atoms with E-state index in [9.17, 15) is 14.0 Å². The van der Waals surface area contributed by atoms with Crippen molar-refractivity contribution in [1.29, 1.82) is 0 Å². The van der Waals surface area contributed by atoms with Crippen molar-refractivity contribution in [1.82, 2.24) is 10.2 Å². The molecule has 1 aliphatic heterocycles. The monoisotopic (exact) mass is 414 g/mol. The van der Waals surface area contributed by atoms with E-state index in [1.54, 1.807) is 38.7 Å². The van der Waals surface area contributed by atoms with Crippen molar-refractivity contribution in [2.45, 2.75) is 52.2 Å². The molecule has 1 heterocycles. The highest BCUT2D eigenvalue weighted by Crippen LogP contribution is 2.23. The van der Waals surface area contributed by atoms with E-state index in [2.05, 4.69) is 21.2 Å². The number of nitrogens with zero attached hydrogens (tertiary/aromatic N) is 1. The zero-order valence-corrected chi connectivity index (χ0v) is 16.6. The number of hydrogen-bond donors (Lipinski definition) is 1. The van der Waals surface area contributed by atoms with E-state index >= 15 is 0 Å². The molecule has 0 aromatic heterocycles. The van der Waals surface area contributed by atoms with Crippen LogP contribution in [0.3, 0.4) is 0 Å². The molecular weight excluding hydrogens is 391 g/mol. The van der Waals surface area contributed by atoms with Crippen LogP contribution in [0.15, 0.2) is 16.6 Å². The number of nitrogens with one attached hydrogen (secondary N) is 1. The Bertz CT molecular complexity index is 650. The Morgan fingerprint density at radius 2 is 2.04 bits per heavy atom. The summed E-state index contributed by atoms with van der Waals surface area (Å²) in [6.45, 7) is 8.01. The van der Waals surface area contributed by atoms with Crippen LogP contribution in [-0.2, 0) is 4.74 Å². The van der Waals surface area contributed by atoms with Gasteiger partial charge in [0.05, 0.1) is 0 Å². The Morgan fingerprint density at radius 1 is 1.36 bits per heavy atom. The van der Waals surface area contributed by atoms with Crippen LogP contribution in [-0.4, -0.2) is 41.6 Å². The highest BCUT2D eigenvalue weighted by atomic mass is 79.9. The summed E-state index contributed by atoms with van der Waals surface area (Å²) in [4.78, 5) is 26.2. The average molecular weight is 415 g/mol. The maximum Gasteiger partial charge on any atom is 0.407 e. The number of carbonyl (C=O) groups is 2. The molecule has 0 spiro atoms. The first-order valence-corrected chi connectivity index (χ1v) is 9.10. The fourth-order valence-electron chi connectivity index (χ4n) is 2.70. The molecule has 0 bridgehead atoms. The lowest BCUT2D eigenvalue weighted by Crippen LogP contribution is -2.50. The molecule has 2 rings (SSSR count). The maximum absolute atomic E-state index is 13.9. The Kier molecular flexibility index (Phi) is 6.08. The maximum atomic E-state index is 13.9. The van der Waals surface area contributed by atoms with Crippen molar-refractivity contribution in [3.8, 4) is 0 Å². The molecule has 0 aliphatic carbocycles. The van der Waals surface area contributed by atoms with Gasteiger partial charge >= 0.3 is 6.09 Å². The second-order valence-electron chi connectivity index (χ2n) is 7.30. The Balaban J connectivity index is 2.03. The highest BCUT2D eigenvalue weighted by Gasteiger charge is 2.27. The van der Waals surface area contributed by atoms with Gasteiger partial charge in [-0.05, 0) is 58.2 Å². The number of benzene rings is 1. The van der Waals surface area contributed by atoms with E-state index < -0.39 is 17.5 Å². The van der Waals surface area contributed by atoms with Gasteiger partial charge in [0.2, 0.25) is 0 Å². The Hall–Kier alpha value is -1.63. The van der Waals surface area contributed by atoms with Crippen LogP contribution in [0.2, 0.25) is 0 Å². The summed E-state index contributed by atoms with van der Waals surface area (Å²) in [6.07, 6.45) is 1.05. The molecule has 1 aromatic rings. The van der Waals surface area contributed by atoms with Gasteiger partial charge in [-0.1, -0.05) is 15.9 Å². The molecule has 0 saturated carbocycles. The smallest absolute Gasteiger partial charge is 0.407 e. The fraction of sp³-hybridized carbons (Fsp3) is 0.556. The summed E-state index contributed by atoms with van der Waals surface area (Å²) in [5, 5.41) is 2.81. The van der Waals surface area contributed by atoms with E-state index in [1.807, 2.05) is 0 Å². The summed E-state index contributed by atoms with van der Waals surface area (Å²) >= 11 is 3.28. The SMILES string of the molecule is Cc1c(F)cc(C(=O)N2CCC[C@H](NC(=O)OC(C)(C)C)C2)cc1Br. The van der Waals surface area contributed by atoms with E-state index in [1.165, 1.54) is 6.07 Å². The molecule has 1 atom stereocenters. The lowest BCUT2D eigenvalue weighted by atomic mass is 10.0. The molecule has 138 valence electrons. The highest BCUT2D eigenvalue weighted by molar-refractivity contribution is 9.10. The van der Waals surface area contributed by atoms with Crippen molar-refractivity contribution in [3.05, 3.63) is 33.5 Å². The van der Waals surface area contributed by atoms with E-state index in [0.717, 1.165) is 12.8 Å². The number of rotatable bonds is 2. The van der Waals surface area contributed by atoms with Gasteiger partial charge in [0.25, 0.3) is 5.91 Å². The van der Waals surface area contributed by atoms with Gasteiger partial charge in [-0.15, -0.1) is 0 Å². The average Bonchev–Trinajstić information content (AvgIpc) is 2.49. The minimum atomic E-state index is -0.569. The predicted molar refractivity (Wildman–Crippen MR) is 97.1 cm³/mol. The van der Waals surface area contributed by atoms with Crippen molar-refractivity contribution < 1.29 is 18.7 Å². The van der Waals surface area contributed by atoms with E-state index in [4.69, 9.17) is 4.74 Å². The summed E-state index contributed by atoms with van der Waals surface area (Å²) < 4.78 is 19.7. The third-order valence-electron chi connectivity index (χ3n) is 3.96. The molecule has 1 aromatic carbocycles. The number of ether oxygens (including phenoxy) is 1. The lowest BCUT2D eigenvalue weighted by molar-refractivity contribution is 0.0452. The minimum absolute atomic E-state index is 0.175. The van der Waals surface area contributed by atoms with Gasteiger partial charge in [-0.3, -0.25) is 4.79 Å². The quantitative estimate of drug-likeness (QED) is 0.794. The second-order valence-corrected chi connectivity index (χ2v) is 8.16. The van der Waals surface area contributed by atoms with Gasteiger partial charge in [0, 0.05) is 29.2 Å². The molecule has 1 aliphatic rings. The number of likely N-dealkylation sites (tertiary alicyclic amines) is 1. The Morgan fingerprint density at radius 3 is 2.64 bits per heavy atom. The summed E-state index contributed by atoms with van der Waals surface area (Å²) in [5.74, 6) is -0.659. The van der Waals surface area contributed by atoms with Crippen molar-refractivity contribution in [3.63, 3.8) is 0 Å². The normalized spacial score (nSPS) is 18.0. The van der Waals surface area contributed by atoms with Gasteiger partial charge in [0.1, 0.15) is 11.4 Å². The molecule has 1 fully saturated rings. The fourth-order valence-corrected chi connectivity index (χ4v) is 3.14. The molecule has 25 heavy (non-hydrogen) atoms. The predicted octanol–water partition coefficient (Wildman–Crippen LogP) is 4.03. The van der Waals surface area contributed by atoms with Crippen molar-refractivity contribution >= 4 is 27.9 Å². The molecule has 1 saturated heterocycles. The summed E-state index contributed by atoms with van der Waals surface area (Å²) in [6, 6.07) is 2.71. The first-order chi connectivity index (χ1) is 11.6. The van der Waals surface area contributed by atoms with Crippen LogP contribution < -0.4 is 5.32 Å². The number of amides is 2. The molecular formula is C18H24BrFN2O3. The van der Waals surface area contributed by atoms with Gasteiger partial charge in [0.15, 0.2) is 0 Å². The van der Waals surface area contributed by atoms with Crippen molar-refractivity contribution in [2.75, 3.05) is 13.1 Å². The largest absolute Gasteiger partial charge is 0.444 e. The van der Waals surface area contributed by atoms with Crippen molar-refractivity contribution in [2.24, 2.45) is 0 Å². The number of halogens is 2. The van der Waals surface area contributed by atoms with Gasteiger partial charge in [-0.2, -0.15) is 0 Å². The molecule has 7 heteroatoms. The van der Waals surface area contributed by atoms with Gasteiger partial charge in [-0.25, -0.2) is 9.18 Å². The van der Waals surface area contributed by atoms with E-state index in [-0.39, 0.29) is 11.9 Å². The van der Waals surface area contributed by atoms with Gasteiger partial charge < -0.3 is 15.0 Å². The molecule has 0 unspecified atom stereocenters. The third kappa shape index (κ3) is 5.42. The van der Waals surface area contributed by atoms with E-state index in [0.29, 0.717) is 28.7 Å². The zero-order valence-electron chi connectivity index (χ0n) is 15.0. The molecule has 1 N–H and O–H groups in total. The van der Waals surface area contributed by atoms with Crippen LogP contribution in [0, 0.1) is 12.7 Å². The van der Waals surface area contributed by atoms with Crippen LogP contribution in [0.5, 0.6) is 0 Å². The zero-order chi connectivity index (χ0) is 18.8. The summed E-state index contributed by atoms with van der Waals surface area (Å²) in [5.41, 5.74) is 0.201. The molecule has 0 radical (unpaired) electrons. The number of piperidine rings is 1. The topological polar surface area (TPSA) is 58.6 Å². The second kappa shape index (κ2) is 7.72. The van der Waals surface area contributed by atoms with Crippen LogP contribution in [0.4, 0.5) is 9.18 Å². The standard InChI is InChI=1S/C18H24BrFN2O3/c1-11-14(19)8-12(9-15(11)20)16(23)22-7-5-6-13(10-22)21-17(24)25-18(2,3)4/h8-9,13H,5-7,10H2,1-4H3,(H,21,24)/t13-/m0/s1. The summed E-state index contributed by atoms with van der Waals surface area (Å²) in [7, 11) is 0. The third-order valence-corrected chi connectivity index (χ3v) is 4.78. The molecule has 2 amide bonds. The number of hydrogen-bond acceptors (Lipinski definition) is 3.